The van der Waals surface area contributed by atoms with Crippen molar-refractivity contribution in [3.05, 3.63) is 0 Å². The SMILES string of the molecule is OCCC12CC[C@@H]3C1[C@H](CC2)C31OCCO1. The van der Waals surface area contributed by atoms with Gasteiger partial charge in [0.2, 0.25) is 0 Å². The standard InChI is InChI=1S/C13H20O3/c14-6-5-12-3-1-9-11(12)10(2-4-12)13(9)15-7-8-16-13/h9-11,14H,1-8H2/t9-,10+,11?,12?. The molecule has 1 aliphatic heterocycles. The Bertz CT molecular complexity index is 290. The van der Waals surface area contributed by atoms with Gasteiger partial charge >= 0.3 is 0 Å². The Morgan fingerprint density at radius 1 is 1.06 bits per heavy atom. The normalized spacial score (nSPS) is 51.9. The number of fused-ring (bicyclic) bond motifs is 2. The molecule has 0 aromatic heterocycles. The highest BCUT2D eigenvalue weighted by molar-refractivity contribution is 5.19. The first-order chi connectivity index (χ1) is 7.82. The van der Waals surface area contributed by atoms with E-state index in [-0.39, 0.29) is 5.79 Å². The Kier molecular flexibility index (Phi) is 1.85. The summed E-state index contributed by atoms with van der Waals surface area (Å²) in [4.78, 5) is 0. The topological polar surface area (TPSA) is 38.7 Å². The average Bonchev–Trinajstić information content (AvgIpc) is 2.84. The Hall–Kier alpha value is -0.120. The second-order valence-corrected chi connectivity index (χ2v) is 6.07. The second kappa shape index (κ2) is 3.01. The van der Waals surface area contributed by atoms with Crippen molar-refractivity contribution in [3.8, 4) is 0 Å². The van der Waals surface area contributed by atoms with Crippen LogP contribution < -0.4 is 0 Å². The first-order valence-electron chi connectivity index (χ1n) is 6.71. The van der Waals surface area contributed by atoms with Crippen molar-refractivity contribution in [2.24, 2.45) is 23.2 Å². The van der Waals surface area contributed by atoms with E-state index in [1.165, 1.54) is 25.7 Å². The molecule has 3 heteroatoms. The van der Waals surface area contributed by atoms with E-state index in [2.05, 4.69) is 0 Å². The number of aliphatic hydroxyl groups is 1. The van der Waals surface area contributed by atoms with Crippen molar-refractivity contribution in [3.63, 3.8) is 0 Å². The van der Waals surface area contributed by atoms with Crippen LogP contribution in [-0.4, -0.2) is 30.7 Å². The van der Waals surface area contributed by atoms with E-state index in [9.17, 15) is 5.11 Å². The third kappa shape index (κ3) is 0.889. The van der Waals surface area contributed by atoms with E-state index in [1.54, 1.807) is 0 Å². The fourth-order valence-electron chi connectivity index (χ4n) is 5.41. The van der Waals surface area contributed by atoms with Crippen molar-refractivity contribution in [2.45, 2.75) is 37.9 Å². The fraction of sp³-hybridized carbons (Fsp3) is 1.00. The molecule has 16 heavy (non-hydrogen) atoms. The van der Waals surface area contributed by atoms with Crippen molar-refractivity contribution < 1.29 is 14.6 Å². The fourth-order valence-corrected chi connectivity index (χ4v) is 5.41. The van der Waals surface area contributed by atoms with E-state index in [1.807, 2.05) is 0 Å². The largest absolute Gasteiger partial charge is 0.396 e. The summed E-state index contributed by atoms with van der Waals surface area (Å²) in [5.41, 5.74) is 0.449. The van der Waals surface area contributed by atoms with Gasteiger partial charge in [-0.1, -0.05) is 0 Å². The van der Waals surface area contributed by atoms with Crippen LogP contribution in [0.2, 0.25) is 0 Å². The molecule has 4 fully saturated rings. The van der Waals surface area contributed by atoms with Crippen LogP contribution in [-0.2, 0) is 9.47 Å². The van der Waals surface area contributed by atoms with Gasteiger partial charge in [-0.3, -0.25) is 0 Å². The third-order valence-electron chi connectivity index (χ3n) is 5.86. The quantitative estimate of drug-likeness (QED) is 0.773. The lowest BCUT2D eigenvalue weighted by Gasteiger charge is -2.55. The summed E-state index contributed by atoms with van der Waals surface area (Å²) in [7, 11) is 0. The minimum absolute atomic E-state index is 0.182. The lowest BCUT2D eigenvalue weighted by Crippen LogP contribution is -2.61. The van der Waals surface area contributed by atoms with Gasteiger partial charge in [-0.25, -0.2) is 0 Å². The Balaban J connectivity index is 1.66. The van der Waals surface area contributed by atoms with Gasteiger partial charge in [-0.15, -0.1) is 0 Å². The van der Waals surface area contributed by atoms with Gasteiger partial charge in [-0.05, 0) is 43.4 Å². The smallest absolute Gasteiger partial charge is 0.174 e. The molecule has 0 aromatic carbocycles. The molecule has 3 nitrogen and oxygen atoms in total. The Morgan fingerprint density at radius 3 is 2.25 bits per heavy atom. The maximum absolute atomic E-state index is 9.26. The first-order valence-corrected chi connectivity index (χ1v) is 6.71. The molecular formula is C13H20O3. The summed E-state index contributed by atoms with van der Waals surface area (Å²) in [5, 5.41) is 9.26. The van der Waals surface area contributed by atoms with Crippen molar-refractivity contribution in [1.82, 2.24) is 0 Å². The number of rotatable bonds is 2. The average molecular weight is 224 g/mol. The highest BCUT2D eigenvalue weighted by Gasteiger charge is 2.75. The van der Waals surface area contributed by atoms with E-state index in [4.69, 9.17) is 9.47 Å². The Morgan fingerprint density at radius 2 is 1.69 bits per heavy atom. The number of hydrogen-bond acceptors (Lipinski definition) is 3. The van der Waals surface area contributed by atoms with Crippen LogP contribution in [0.1, 0.15) is 32.1 Å². The van der Waals surface area contributed by atoms with Gasteiger partial charge in [0.1, 0.15) is 0 Å². The minimum Gasteiger partial charge on any atom is -0.396 e. The molecule has 1 saturated heterocycles. The lowest BCUT2D eigenvalue weighted by molar-refractivity contribution is -0.312. The van der Waals surface area contributed by atoms with Crippen LogP contribution in [0.3, 0.4) is 0 Å². The van der Waals surface area contributed by atoms with E-state index in [0.29, 0.717) is 23.9 Å². The highest BCUT2D eigenvalue weighted by Crippen LogP contribution is 2.74. The first kappa shape index (κ1) is 9.86. The molecule has 3 saturated carbocycles. The molecule has 3 aliphatic carbocycles. The zero-order valence-corrected chi connectivity index (χ0v) is 9.65. The molecular weight excluding hydrogens is 204 g/mol. The van der Waals surface area contributed by atoms with Crippen molar-refractivity contribution in [1.29, 1.82) is 0 Å². The molecule has 4 aliphatic rings. The monoisotopic (exact) mass is 224 g/mol. The molecule has 2 unspecified atom stereocenters. The molecule has 1 spiro atoms. The summed E-state index contributed by atoms with van der Waals surface area (Å²) in [6.45, 7) is 1.92. The molecule has 90 valence electrons. The van der Waals surface area contributed by atoms with Crippen molar-refractivity contribution in [2.75, 3.05) is 19.8 Å². The molecule has 1 N–H and O–H groups in total. The predicted octanol–water partition coefficient (Wildman–Crippen LogP) is 1.55. The summed E-state index contributed by atoms with van der Waals surface area (Å²) < 4.78 is 11.9. The molecule has 0 amide bonds. The zero-order valence-electron chi connectivity index (χ0n) is 9.65. The van der Waals surface area contributed by atoms with E-state index < -0.39 is 0 Å². The van der Waals surface area contributed by atoms with Crippen LogP contribution >= 0.6 is 0 Å². The van der Waals surface area contributed by atoms with Gasteiger partial charge in [0.15, 0.2) is 5.79 Å². The van der Waals surface area contributed by atoms with Crippen LogP contribution in [0.5, 0.6) is 0 Å². The molecule has 1 heterocycles. The highest BCUT2D eigenvalue weighted by atomic mass is 16.7. The molecule has 0 bridgehead atoms. The maximum Gasteiger partial charge on any atom is 0.174 e. The predicted molar refractivity (Wildman–Crippen MR) is 57.7 cm³/mol. The molecule has 0 aromatic rings. The maximum atomic E-state index is 9.26. The number of ether oxygens (including phenoxy) is 2. The van der Waals surface area contributed by atoms with Gasteiger partial charge in [0, 0.05) is 18.4 Å². The second-order valence-electron chi connectivity index (χ2n) is 6.07. The van der Waals surface area contributed by atoms with Crippen LogP contribution in [0.4, 0.5) is 0 Å². The summed E-state index contributed by atoms with van der Waals surface area (Å²) >= 11 is 0. The summed E-state index contributed by atoms with van der Waals surface area (Å²) in [6.07, 6.45) is 6.07. The van der Waals surface area contributed by atoms with Gasteiger partial charge in [0.05, 0.1) is 13.2 Å². The zero-order chi connectivity index (χ0) is 10.8. The molecule has 4 atom stereocenters. The van der Waals surface area contributed by atoms with Gasteiger partial charge < -0.3 is 14.6 Å². The lowest BCUT2D eigenvalue weighted by atomic mass is 9.58. The van der Waals surface area contributed by atoms with Crippen LogP contribution in [0, 0.1) is 23.2 Å². The number of aliphatic hydroxyl groups excluding tert-OH is 1. The molecule has 0 radical (unpaired) electrons. The van der Waals surface area contributed by atoms with Gasteiger partial charge in [-0.2, -0.15) is 0 Å². The third-order valence-corrected chi connectivity index (χ3v) is 5.86. The van der Waals surface area contributed by atoms with E-state index >= 15 is 0 Å². The van der Waals surface area contributed by atoms with Crippen molar-refractivity contribution >= 4 is 0 Å². The summed E-state index contributed by atoms with van der Waals surface area (Å²) in [6, 6.07) is 0. The number of hydrogen-bond donors (Lipinski definition) is 1. The van der Waals surface area contributed by atoms with Crippen LogP contribution in [0.25, 0.3) is 0 Å². The van der Waals surface area contributed by atoms with Crippen LogP contribution in [0.15, 0.2) is 0 Å². The van der Waals surface area contributed by atoms with Gasteiger partial charge in [0.25, 0.3) is 0 Å². The van der Waals surface area contributed by atoms with E-state index in [0.717, 1.165) is 25.6 Å². The minimum atomic E-state index is -0.182. The Labute approximate surface area is 96.1 Å². The molecule has 4 rings (SSSR count). The summed E-state index contributed by atoms with van der Waals surface area (Å²) in [5.74, 6) is 1.87.